The van der Waals surface area contributed by atoms with Crippen LogP contribution in [-0.2, 0) is 10.0 Å². The van der Waals surface area contributed by atoms with Gasteiger partial charge in [-0.3, -0.25) is 4.90 Å². The van der Waals surface area contributed by atoms with Gasteiger partial charge in [0.25, 0.3) is 0 Å². The maximum Gasteiger partial charge on any atom is 0.214 e. The Hall–Kier alpha value is -0.170. The fourth-order valence-corrected chi connectivity index (χ4v) is 4.94. The van der Waals surface area contributed by atoms with Gasteiger partial charge in [-0.2, -0.15) is 4.31 Å². The lowest BCUT2D eigenvalue weighted by atomic mass is 10.0. The van der Waals surface area contributed by atoms with E-state index in [4.69, 9.17) is 0 Å². The van der Waals surface area contributed by atoms with Crippen molar-refractivity contribution < 1.29 is 8.42 Å². The monoisotopic (exact) mass is 301 g/mol. The number of hydrogen-bond donors (Lipinski definition) is 1. The first kappa shape index (κ1) is 14.8. The van der Waals surface area contributed by atoms with Crippen molar-refractivity contribution >= 4 is 10.0 Å². The third-order valence-electron chi connectivity index (χ3n) is 4.87. The van der Waals surface area contributed by atoms with Gasteiger partial charge >= 0.3 is 0 Å². The highest BCUT2D eigenvalue weighted by atomic mass is 32.2. The van der Waals surface area contributed by atoms with Gasteiger partial charge in [0.05, 0.1) is 5.75 Å². The molecule has 2 heterocycles. The molecule has 0 bridgehead atoms. The summed E-state index contributed by atoms with van der Waals surface area (Å²) < 4.78 is 26.5. The van der Waals surface area contributed by atoms with Crippen molar-refractivity contribution in [1.82, 2.24) is 14.5 Å². The molecular formula is C14H27N3O2S. The molecule has 2 aliphatic heterocycles. The normalized spacial score (nSPS) is 30.5. The number of piperidine rings is 1. The molecule has 1 N–H and O–H groups in total. The van der Waals surface area contributed by atoms with Crippen LogP contribution in [0, 0.1) is 0 Å². The molecule has 5 nitrogen and oxygen atoms in total. The highest BCUT2D eigenvalue weighted by Crippen LogP contribution is 2.28. The van der Waals surface area contributed by atoms with Crippen LogP contribution in [0.15, 0.2) is 0 Å². The van der Waals surface area contributed by atoms with Crippen LogP contribution in [0.25, 0.3) is 0 Å². The molecule has 3 rings (SSSR count). The third kappa shape index (κ3) is 3.72. The van der Waals surface area contributed by atoms with Crippen molar-refractivity contribution in [2.24, 2.45) is 0 Å². The van der Waals surface area contributed by atoms with Crippen LogP contribution in [0.3, 0.4) is 0 Å². The number of hydrogen-bond acceptors (Lipinski definition) is 4. The molecule has 0 amide bonds. The second-order valence-corrected chi connectivity index (χ2v) is 8.51. The number of piperazine rings is 1. The quantitative estimate of drug-likeness (QED) is 0.809. The average Bonchev–Trinajstić information content (AvgIpc) is 3.31. The van der Waals surface area contributed by atoms with E-state index in [0.29, 0.717) is 24.9 Å². The van der Waals surface area contributed by atoms with Gasteiger partial charge in [0.1, 0.15) is 0 Å². The largest absolute Gasteiger partial charge is 0.314 e. The van der Waals surface area contributed by atoms with E-state index in [2.05, 4.69) is 10.2 Å². The summed E-state index contributed by atoms with van der Waals surface area (Å²) in [6.07, 6.45) is 6.97. The maximum absolute atomic E-state index is 12.4. The van der Waals surface area contributed by atoms with Gasteiger partial charge in [-0.15, -0.1) is 0 Å². The van der Waals surface area contributed by atoms with E-state index in [-0.39, 0.29) is 0 Å². The Morgan fingerprint density at radius 1 is 1.00 bits per heavy atom. The smallest absolute Gasteiger partial charge is 0.214 e. The Morgan fingerprint density at radius 3 is 2.35 bits per heavy atom. The van der Waals surface area contributed by atoms with E-state index in [1.54, 1.807) is 4.31 Å². The average molecular weight is 301 g/mol. The van der Waals surface area contributed by atoms with E-state index in [0.717, 1.165) is 38.5 Å². The van der Waals surface area contributed by atoms with Crippen LogP contribution >= 0.6 is 0 Å². The summed E-state index contributed by atoms with van der Waals surface area (Å²) in [6.45, 7) is 4.27. The second-order valence-electron chi connectivity index (χ2n) is 6.42. The first-order valence-corrected chi connectivity index (χ1v) is 9.71. The highest BCUT2D eigenvalue weighted by Gasteiger charge is 2.34. The van der Waals surface area contributed by atoms with Crippen LogP contribution < -0.4 is 5.32 Å². The molecule has 1 atom stereocenters. The summed E-state index contributed by atoms with van der Waals surface area (Å²) in [4.78, 5) is 2.45. The Morgan fingerprint density at radius 2 is 1.75 bits per heavy atom. The maximum atomic E-state index is 12.4. The minimum Gasteiger partial charge on any atom is -0.314 e. The number of nitrogens with zero attached hydrogens (tertiary/aromatic N) is 2. The van der Waals surface area contributed by atoms with E-state index in [1.807, 2.05) is 0 Å². The van der Waals surface area contributed by atoms with Gasteiger partial charge in [-0.05, 0) is 38.6 Å². The van der Waals surface area contributed by atoms with Crippen molar-refractivity contribution in [2.45, 2.75) is 50.6 Å². The van der Waals surface area contributed by atoms with Gasteiger partial charge in [-0.1, -0.05) is 6.42 Å². The summed E-state index contributed by atoms with van der Waals surface area (Å²) in [5, 5.41) is 3.43. The highest BCUT2D eigenvalue weighted by molar-refractivity contribution is 7.89. The van der Waals surface area contributed by atoms with Crippen molar-refractivity contribution in [1.29, 1.82) is 0 Å². The molecular weight excluding hydrogens is 274 g/mol. The van der Waals surface area contributed by atoms with Crippen LogP contribution in [0.1, 0.15) is 38.5 Å². The zero-order chi connectivity index (χ0) is 14.0. The van der Waals surface area contributed by atoms with Gasteiger partial charge in [0.2, 0.25) is 10.0 Å². The van der Waals surface area contributed by atoms with E-state index in [9.17, 15) is 8.42 Å². The first-order chi connectivity index (χ1) is 9.65. The molecule has 3 aliphatic rings. The molecule has 0 aromatic carbocycles. The Bertz CT molecular complexity index is 408. The third-order valence-corrected chi connectivity index (χ3v) is 6.77. The molecule has 1 saturated carbocycles. The number of nitrogens with one attached hydrogen (secondary N) is 1. The van der Waals surface area contributed by atoms with Crippen molar-refractivity contribution in [3.63, 3.8) is 0 Å². The zero-order valence-electron chi connectivity index (χ0n) is 12.3. The molecule has 3 fully saturated rings. The van der Waals surface area contributed by atoms with E-state index >= 15 is 0 Å². The predicted octanol–water partition coefficient (Wildman–Crippen LogP) is 0.628. The first-order valence-electron chi connectivity index (χ1n) is 8.10. The lowest BCUT2D eigenvalue weighted by Gasteiger charge is -2.34. The van der Waals surface area contributed by atoms with Crippen molar-refractivity contribution in [2.75, 3.05) is 38.5 Å². The fourth-order valence-electron chi connectivity index (χ4n) is 3.38. The van der Waals surface area contributed by atoms with Gasteiger partial charge in [0, 0.05) is 38.3 Å². The van der Waals surface area contributed by atoms with Crippen LogP contribution in [-0.4, -0.2) is 68.2 Å². The van der Waals surface area contributed by atoms with Crippen molar-refractivity contribution in [3.05, 3.63) is 0 Å². The summed E-state index contributed by atoms with van der Waals surface area (Å²) in [5.41, 5.74) is 0. The summed E-state index contributed by atoms with van der Waals surface area (Å²) in [6, 6.07) is 1.16. The molecule has 0 spiro atoms. The summed E-state index contributed by atoms with van der Waals surface area (Å²) >= 11 is 0. The lowest BCUT2D eigenvalue weighted by molar-refractivity contribution is 0.180. The summed E-state index contributed by atoms with van der Waals surface area (Å²) in [5.74, 6) is 0.314. The van der Waals surface area contributed by atoms with Crippen LogP contribution in [0.2, 0.25) is 0 Å². The molecule has 1 aliphatic carbocycles. The Balaban J connectivity index is 1.45. The van der Waals surface area contributed by atoms with E-state index in [1.165, 1.54) is 25.7 Å². The van der Waals surface area contributed by atoms with Gasteiger partial charge in [-0.25, -0.2) is 8.42 Å². The predicted molar refractivity (Wildman–Crippen MR) is 80.2 cm³/mol. The minimum absolute atomic E-state index is 0.314. The number of sulfonamides is 1. The van der Waals surface area contributed by atoms with Crippen LogP contribution in [0.4, 0.5) is 0 Å². The molecule has 116 valence electrons. The van der Waals surface area contributed by atoms with Gasteiger partial charge in [0.15, 0.2) is 0 Å². The Labute approximate surface area is 122 Å². The SMILES string of the molecule is O=S(=O)(CCC1CCCCN1)N1CCN(C2CC2)CC1. The molecule has 0 aromatic rings. The van der Waals surface area contributed by atoms with Crippen molar-refractivity contribution in [3.8, 4) is 0 Å². The molecule has 0 aromatic heterocycles. The molecule has 20 heavy (non-hydrogen) atoms. The molecule has 1 unspecified atom stereocenters. The Kier molecular flexibility index (Phi) is 4.65. The van der Waals surface area contributed by atoms with Crippen LogP contribution in [0.5, 0.6) is 0 Å². The van der Waals surface area contributed by atoms with E-state index < -0.39 is 10.0 Å². The second kappa shape index (κ2) is 6.30. The standard InChI is InChI=1S/C14H27N3O2S/c18-20(19,12-6-13-3-1-2-7-15-13)17-10-8-16(9-11-17)14-4-5-14/h13-15H,1-12H2. The topological polar surface area (TPSA) is 52.7 Å². The molecule has 0 radical (unpaired) electrons. The summed E-state index contributed by atoms with van der Waals surface area (Å²) in [7, 11) is -3.04. The molecule has 2 saturated heterocycles. The van der Waals surface area contributed by atoms with Gasteiger partial charge < -0.3 is 5.32 Å². The minimum atomic E-state index is -3.04. The number of rotatable bonds is 5. The molecule has 6 heteroatoms. The zero-order valence-corrected chi connectivity index (χ0v) is 13.1. The lowest BCUT2D eigenvalue weighted by Crippen LogP contribution is -2.50. The fraction of sp³-hybridized carbons (Fsp3) is 1.00.